The molecular formula is C24H20BrCl2N3O2. The molecule has 1 heterocycles. The van der Waals surface area contributed by atoms with E-state index in [0.717, 1.165) is 15.6 Å². The Morgan fingerprint density at radius 2 is 1.72 bits per heavy atom. The zero-order chi connectivity index (χ0) is 22.7. The Hall–Kier alpha value is -2.41. The highest BCUT2D eigenvalue weighted by Gasteiger charge is 2.53. The second-order valence-electron chi connectivity index (χ2n) is 7.79. The number of hydrogen-bond donors (Lipinski definition) is 2. The first-order valence-electron chi connectivity index (χ1n) is 10.1. The summed E-state index contributed by atoms with van der Waals surface area (Å²) in [5, 5.41) is 6.80. The van der Waals surface area contributed by atoms with Gasteiger partial charge in [-0.05, 0) is 60.4 Å². The molecule has 0 spiro atoms. The summed E-state index contributed by atoms with van der Waals surface area (Å²) in [5.74, 6) is -0.515. The van der Waals surface area contributed by atoms with Crippen LogP contribution in [-0.4, -0.2) is 22.8 Å². The summed E-state index contributed by atoms with van der Waals surface area (Å²) in [6.45, 7) is 0. The minimum absolute atomic E-state index is 0.214. The van der Waals surface area contributed by atoms with Gasteiger partial charge >= 0.3 is 0 Å². The van der Waals surface area contributed by atoms with E-state index < -0.39 is 11.5 Å². The van der Waals surface area contributed by atoms with Crippen LogP contribution in [0.3, 0.4) is 0 Å². The van der Waals surface area contributed by atoms with Crippen molar-refractivity contribution < 1.29 is 9.59 Å². The molecule has 2 aromatic carbocycles. The molecule has 1 atom stereocenters. The summed E-state index contributed by atoms with van der Waals surface area (Å²) in [4.78, 5) is 30.5. The predicted octanol–water partition coefficient (Wildman–Crippen LogP) is 5.55. The summed E-state index contributed by atoms with van der Waals surface area (Å²) in [6.07, 6.45) is 4.87. The van der Waals surface area contributed by atoms with Crippen molar-refractivity contribution >= 4 is 56.6 Å². The Morgan fingerprint density at radius 1 is 1.03 bits per heavy atom. The maximum Gasteiger partial charge on any atom is 0.247 e. The van der Waals surface area contributed by atoms with Crippen LogP contribution in [0.4, 0.5) is 5.69 Å². The van der Waals surface area contributed by atoms with Crippen molar-refractivity contribution in [2.45, 2.75) is 30.7 Å². The van der Waals surface area contributed by atoms with Crippen molar-refractivity contribution in [1.82, 2.24) is 10.3 Å². The number of rotatable bonds is 7. The number of nitrogens with one attached hydrogen (secondary N) is 2. The predicted molar refractivity (Wildman–Crippen MR) is 130 cm³/mol. The zero-order valence-corrected chi connectivity index (χ0v) is 20.0. The van der Waals surface area contributed by atoms with E-state index in [1.54, 1.807) is 42.7 Å². The Labute approximate surface area is 204 Å². The van der Waals surface area contributed by atoms with E-state index in [-0.39, 0.29) is 11.8 Å². The van der Waals surface area contributed by atoms with Crippen molar-refractivity contribution in [3.8, 4) is 0 Å². The Kier molecular flexibility index (Phi) is 6.84. The number of benzene rings is 2. The fourth-order valence-corrected chi connectivity index (χ4v) is 4.50. The van der Waals surface area contributed by atoms with Gasteiger partial charge in [0.05, 0.1) is 5.41 Å². The van der Waals surface area contributed by atoms with E-state index in [0.29, 0.717) is 35.0 Å². The number of aromatic nitrogens is 1. The molecule has 1 aliphatic rings. The SMILES string of the molecule is O=C(Nc1ccncc1)C(Cc1ccc(Br)cc1)NC(=O)C1(c2ccc(Cl)cc2Cl)CC1. The van der Waals surface area contributed by atoms with Gasteiger partial charge in [-0.15, -0.1) is 0 Å². The first-order valence-corrected chi connectivity index (χ1v) is 11.6. The molecule has 2 amide bonds. The highest BCUT2D eigenvalue weighted by molar-refractivity contribution is 9.10. The van der Waals surface area contributed by atoms with Crippen LogP contribution in [0.2, 0.25) is 10.0 Å². The molecule has 0 radical (unpaired) electrons. The lowest BCUT2D eigenvalue weighted by molar-refractivity contribution is -0.128. The maximum atomic E-state index is 13.4. The number of amides is 2. The van der Waals surface area contributed by atoms with Gasteiger partial charge in [0.2, 0.25) is 11.8 Å². The van der Waals surface area contributed by atoms with Gasteiger partial charge in [-0.25, -0.2) is 0 Å². The number of carbonyl (C=O) groups is 2. The molecule has 1 aliphatic carbocycles. The van der Waals surface area contributed by atoms with Gasteiger partial charge in [0.15, 0.2) is 0 Å². The topological polar surface area (TPSA) is 71.1 Å². The van der Waals surface area contributed by atoms with Gasteiger partial charge < -0.3 is 10.6 Å². The minimum atomic E-state index is -0.764. The molecule has 2 N–H and O–H groups in total. The average Bonchev–Trinajstić information content (AvgIpc) is 3.57. The molecule has 1 aromatic heterocycles. The molecule has 0 saturated heterocycles. The molecular weight excluding hydrogens is 513 g/mol. The summed E-state index contributed by atoms with van der Waals surface area (Å²) < 4.78 is 0.942. The molecule has 3 aromatic rings. The van der Waals surface area contributed by atoms with Crippen LogP contribution in [-0.2, 0) is 21.4 Å². The second-order valence-corrected chi connectivity index (χ2v) is 9.55. The highest BCUT2D eigenvalue weighted by Crippen LogP contribution is 2.51. The summed E-state index contributed by atoms with van der Waals surface area (Å²) in [5.41, 5.74) is 1.54. The molecule has 8 heteroatoms. The highest BCUT2D eigenvalue weighted by atomic mass is 79.9. The van der Waals surface area contributed by atoms with Crippen molar-refractivity contribution in [2.24, 2.45) is 0 Å². The van der Waals surface area contributed by atoms with Crippen LogP contribution in [0.1, 0.15) is 24.0 Å². The van der Waals surface area contributed by atoms with Gasteiger partial charge in [0.25, 0.3) is 0 Å². The molecule has 0 bridgehead atoms. The van der Waals surface area contributed by atoms with Gasteiger partial charge in [-0.3, -0.25) is 14.6 Å². The monoisotopic (exact) mass is 531 g/mol. The first-order chi connectivity index (χ1) is 15.4. The van der Waals surface area contributed by atoms with Crippen LogP contribution in [0.25, 0.3) is 0 Å². The van der Waals surface area contributed by atoms with E-state index >= 15 is 0 Å². The number of nitrogens with zero attached hydrogens (tertiary/aromatic N) is 1. The summed E-state index contributed by atoms with van der Waals surface area (Å²) in [6, 6.07) is 15.5. The maximum absolute atomic E-state index is 13.4. The van der Waals surface area contributed by atoms with E-state index in [9.17, 15) is 9.59 Å². The van der Waals surface area contributed by atoms with Crippen LogP contribution in [0.5, 0.6) is 0 Å². The van der Waals surface area contributed by atoms with Crippen molar-refractivity contribution in [2.75, 3.05) is 5.32 Å². The lowest BCUT2D eigenvalue weighted by Crippen LogP contribution is -2.48. The van der Waals surface area contributed by atoms with Gasteiger partial charge in [-0.1, -0.05) is 57.3 Å². The lowest BCUT2D eigenvalue weighted by Gasteiger charge is -2.23. The molecule has 1 saturated carbocycles. The molecule has 164 valence electrons. The molecule has 4 rings (SSSR count). The van der Waals surface area contributed by atoms with Crippen molar-refractivity contribution in [3.63, 3.8) is 0 Å². The van der Waals surface area contributed by atoms with Gasteiger partial charge in [0.1, 0.15) is 6.04 Å². The molecule has 5 nitrogen and oxygen atoms in total. The average molecular weight is 533 g/mol. The van der Waals surface area contributed by atoms with Crippen LogP contribution < -0.4 is 10.6 Å². The number of carbonyl (C=O) groups excluding carboxylic acids is 2. The number of halogens is 3. The number of anilines is 1. The molecule has 32 heavy (non-hydrogen) atoms. The summed E-state index contributed by atoms with van der Waals surface area (Å²) in [7, 11) is 0. The fourth-order valence-electron chi connectivity index (χ4n) is 3.65. The second kappa shape index (κ2) is 9.61. The molecule has 0 aliphatic heterocycles. The number of pyridine rings is 1. The van der Waals surface area contributed by atoms with Crippen LogP contribution in [0, 0.1) is 0 Å². The van der Waals surface area contributed by atoms with Crippen LogP contribution in [0.15, 0.2) is 71.5 Å². The van der Waals surface area contributed by atoms with Crippen molar-refractivity contribution in [1.29, 1.82) is 0 Å². The third-order valence-corrected chi connectivity index (χ3v) is 6.63. The zero-order valence-electron chi connectivity index (χ0n) is 16.9. The Bertz CT molecular complexity index is 1140. The smallest absolute Gasteiger partial charge is 0.247 e. The fraction of sp³-hybridized carbons (Fsp3) is 0.208. The Balaban J connectivity index is 1.57. The van der Waals surface area contributed by atoms with E-state index in [1.165, 1.54) is 0 Å². The molecule has 1 fully saturated rings. The molecule has 1 unspecified atom stereocenters. The van der Waals surface area contributed by atoms with Crippen molar-refractivity contribution in [3.05, 3.63) is 92.6 Å². The largest absolute Gasteiger partial charge is 0.343 e. The van der Waals surface area contributed by atoms with E-state index in [2.05, 4.69) is 31.5 Å². The summed E-state index contributed by atoms with van der Waals surface area (Å²) >= 11 is 15.8. The van der Waals surface area contributed by atoms with Gasteiger partial charge in [0, 0.05) is 39.0 Å². The lowest BCUT2D eigenvalue weighted by atomic mass is 9.94. The van der Waals surface area contributed by atoms with Crippen LogP contribution >= 0.6 is 39.1 Å². The third-order valence-electron chi connectivity index (χ3n) is 5.55. The quantitative estimate of drug-likeness (QED) is 0.419. The minimum Gasteiger partial charge on any atom is -0.343 e. The third kappa shape index (κ3) is 5.14. The first kappa shape index (κ1) is 22.8. The normalized spacial score (nSPS) is 15.0. The van der Waals surface area contributed by atoms with Gasteiger partial charge in [-0.2, -0.15) is 0 Å². The number of hydrogen-bond acceptors (Lipinski definition) is 3. The Morgan fingerprint density at radius 3 is 2.34 bits per heavy atom. The standard InChI is InChI=1S/C24H20BrCl2N3O2/c25-16-3-1-15(2-4-16)13-21(22(31)29-18-7-11-28-12-8-18)30-23(32)24(9-10-24)19-6-5-17(26)14-20(19)27/h1-8,11-12,14,21H,9-10,13H2,(H,30,32)(H,28,29,31). The van der Waals surface area contributed by atoms with E-state index in [1.807, 2.05) is 24.3 Å². The van der Waals surface area contributed by atoms with E-state index in [4.69, 9.17) is 23.2 Å².